The van der Waals surface area contributed by atoms with Crippen LogP contribution in [0.2, 0.25) is 0 Å². The molecule has 0 aromatic heterocycles. The second kappa shape index (κ2) is 7.64. The van der Waals surface area contributed by atoms with Gasteiger partial charge in [-0.3, -0.25) is 4.79 Å². The lowest BCUT2D eigenvalue weighted by Gasteiger charge is -2.03. The van der Waals surface area contributed by atoms with Gasteiger partial charge in [-0.25, -0.2) is 4.79 Å². The van der Waals surface area contributed by atoms with Gasteiger partial charge in [0.05, 0.1) is 12.7 Å². The van der Waals surface area contributed by atoms with Crippen molar-refractivity contribution in [2.45, 2.75) is 39.0 Å². The summed E-state index contributed by atoms with van der Waals surface area (Å²) in [4.78, 5) is 23.3. The van der Waals surface area contributed by atoms with Crippen LogP contribution in [0.4, 0.5) is 0 Å². The van der Waals surface area contributed by atoms with E-state index in [9.17, 15) is 9.59 Å². The van der Waals surface area contributed by atoms with Crippen molar-refractivity contribution < 1.29 is 14.3 Å². The fourth-order valence-electron chi connectivity index (χ4n) is 1.79. The standard InChI is InChI=1S/C15H20O3/c1-3-4-5-6-10-14(16)12-8-7-9-13(11-12)15(17)18-2/h7-9,11H,3-6,10H2,1-2H3. The molecule has 1 aromatic carbocycles. The molecule has 0 spiro atoms. The van der Waals surface area contributed by atoms with Crippen molar-refractivity contribution in [1.29, 1.82) is 0 Å². The van der Waals surface area contributed by atoms with Gasteiger partial charge in [-0.05, 0) is 18.6 Å². The number of ether oxygens (including phenoxy) is 1. The van der Waals surface area contributed by atoms with E-state index < -0.39 is 5.97 Å². The molecule has 0 aliphatic carbocycles. The van der Waals surface area contributed by atoms with Crippen LogP contribution < -0.4 is 0 Å². The van der Waals surface area contributed by atoms with E-state index in [1.165, 1.54) is 7.11 Å². The second-order valence-corrected chi connectivity index (χ2v) is 4.31. The summed E-state index contributed by atoms with van der Waals surface area (Å²) >= 11 is 0. The molecule has 1 aromatic rings. The highest BCUT2D eigenvalue weighted by Gasteiger charge is 2.10. The van der Waals surface area contributed by atoms with Gasteiger partial charge in [-0.1, -0.05) is 38.3 Å². The zero-order chi connectivity index (χ0) is 13.4. The maximum absolute atomic E-state index is 11.9. The molecule has 98 valence electrons. The Labute approximate surface area is 108 Å². The Bertz CT molecular complexity index is 410. The van der Waals surface area contributed by atoms with Gasteiger partial charge in [-0.15, -0.1) is 0 Å². The fraction of sp³-hybridized carbons (Fsp3) is 0.467. The lowest BCUT2D eigenvalue weighted by atomic mass is 10.0. The summed E-state index contributed by atoms with van der Waals surface area (Å²) in [6, 6.07) is 6.72. The van der Waals surface area contributed by atoms with Crippen LogP contribution in [0.1, 0.15) is 59.7 Å². The van der Waals surface area contributed by atoms with Crippen LogP contribution in [0.15, 0.2) is 24.3 Å². The lowest BCUT2D eigenvalue weighted by Crippen LogP contribution is -2.04. The molecule has 1 rings (SSSR count). The van der Waals surface area contributed by atoms with Crippen molar-refractivity contribution in [2.75, 3.05) is 7.11 Å². The average molecular weight is 248 g/mol. The van der Waals surface area contributed by atoms with E-state index in [1.54, 1.807) is 24.3 Å². The van der Waals surface area contributed by atoms with E-state index in [0.717, 1.165) is 25.7 Å². The largest absolute Gasteiger partial charge is 0.465 e. The predicted octanol–water partition coefficient (Wildman–Crippen LogP) is 3.63. The summed E-state index contributed by atoms with van der Waals surface area (Å²) in [5.74, 6) is -0.313. The van der Waals surface area contributed by atoms with Gasteiger partial charge in [0.25, 0.3) is 0 Å². The molecule has 18 heavy (non-hydrogen) atoms. The van der Waals surface area contributed by atoms with E-state index in [1.807, 2.05) is 0 Å². The summed E-state index contributed by atoms with van der Waals surface area (Å²) in [5.41, 5.74) is 1.02. The smallest absolute Gasteiger partial charge is 0.337 e. The SMILES string of the molecule is CCCCCCC(=O)c1cccc(C(=O)OC)c1. The topological polar surface area (TPSA) is 43.4 Å². The number of hydrogen-bond donors (Lipinski definition) is 0. The molecule has 0 fully saturated rings. The van der Waals surface area contributed by atoms with E-state index in [-0.39, 0.29) is 5.78 Å². The zero-order valence-corrected chi connectivity index (χ0v) is 11.1. The van der Waals surface area contributed by atoms with Crippen LogP contribution in [0.25, 0.3) is 0 Å². The maximum atomic E-state index is 11.9. The summed E-state index contributed by atoms with van der Waals surface area (Å²) < 4.78 is 4.63. The number of hydrogen-bond acceptors (Lipinski definition) is 3. The molecule has 0 aliphatic rings. The minimum atomic E-state index is -0.407. The monoisotopic (exact) mass is 248 g/mol. The van der Waals surface area contributed by atoms with Crippen LogP contribution in [0.5, 0.6) is 0 Å². The highest BCUT2D eigenvalue weighted by atomic mass is 16.5. The first kappa shape index (κ1) is 14.4. The first-order valence-corrected chi connectivity index (χ1v) is 6.40. The number of benzene rings is 1. The van der Waals surface area contributed by atoms with Crippen LogP contribution in [0, 0.1) is 0 Å². The molecule has 0 saturated heterocycles. The van der Waals surface area contributed by atoms with Gasteiger partial charge < -0.3 is 4.74 Å². The van der Waals surface area contributed by atoms with Crippen molar-refractivity contribution in [1.82, 2.24) is 0 Å². The molecule has 0 unspecified atom stereocenters. The first-order valence-electron chi connectivity index (χ1n) is 6.40. The Morgan fingerprint density at radius 3 is 2.50 bits per heavy atom. The normalized spacial score (nSPS) is 10.1. The minimum Gasteiger partial charge on any atom is -0.465 e. The maximum Gasteiger partial charge on any atom is 0.337 e. The van der Waals surface area contributed by atoms with Gasteiger partial charge in [0.15, 0.2) is 5.78 Å². The van der Waals surface area contributed by atoms with Gasteiger partial charge in [0.2, 0.25) is 0 Å². The lowest BCUT2D eigenvalue weighted by molar-refractivity contribution is 0.0600. The van der Waals surface area contributed by atoms with E-state index in [2.05, 4.69) is 11.7 Å². The molecule has 0 saturated carbocycles. The number of carbonyl (C=O) groups excluding carboxylic acids is 2. The second-order valence-electron chi connectivity index (χ2n) is 4.31. The number of unbranched alkanes of at least 4 members (excludes halogenated alkanes) is 3. The number of rotatable bonds is 7. The Morgan fingerprint density at radius 1 is 1.11 bits per heavy atom. The molecule has 0 aliphatic heterocycles. The summed E-state index contributed by atoms with van der Waals surface area (Å²) in [7, 11) is 1.33. The highest BCUT2D eigenvalue weighted by molar-refractivity contribution is 5.99. The minimum absolute atomic E-state index is 0.0943. The highest BCUT2D eigenvalue weighted by Crippen LogP contribution is 2.12. The predicted molar refractivity (Wildman–Crippen MR) is 70.9 cm³/mol. The Hall–Kier alpha value is -1.64. The average Bonchev–Trinajstić information content (AvgIpc) is 2.42. The number of esters is 1. The van der Waals surface area contributed by atoms with Crippen molar-refractivity contribution in [2.24, 2.45) is 0 Å². The van der Waals surface area contributed by atoms with Crippen molar-refractivity contribution in [3.63, 3.8) is 0 Å². The van der Waals surface area contributed by atoms with Gasteiger partial charge in [0.1, 0.15) is 0 Å². The van der Waals surface area contributed by atoms with Crippen LogP contribution in [-0.4, -0.2) is 18.9 Å². The molecule has 0 radical (unpaired) electrons. The summed E-state index contributed by atoms with van der Waals surface area (Å²) in [6.45, 7) is 2.14. The molecule has 0 amide bonds. The third kappa shape index (κ3) is 4.32. The summed E-state index contributed by atoms with van der Waals surface area (Å²) in [5, 5.41) is 0. The van der Waals surface area contributed by atoms with Crippen molar-refractivity contribution >= 4 is 11.8 Å². The third-order valence-electron chi connectivity index (χ3n) is 2.86. The molecule has 3 nitrogen and oxygen atoms in total. The molecule has 0 heterocycles. The number of ketones is 1. The van der Waals surface area contributed by atoms with E-state index in [0.29, 0.717) is 17.5 Å². The molecular formula is C15H20O3. The van der Waals surface area contributed by atoms with Crippen molar-refractivity contribution in [3.8, 4) is 0 Å². The van der Waals surface area contributed by atoms with Crippen LogP contribution in [0.3, 0.4) is 0 Å². The van der Waals surface area contributed by atoms with E-state index >= 15 is 0 Å². The Balaban J connectivity index is 2.60. The number of methoxy groups -OCH3 is 1. The van der Waals surface area contributed by atoms with Crippen LogP contribution >= 0.6 is 0 Å². The van der Waals surface area contributed by atoms with Gasteiger partial charge in [0, 0.05) is 12.0 Å². The Kier molecular flexibility index (Phi) is 6.12. The number of carbonyl (C=O) groups is 2. The molecule has 3 heteroatoms. The molecule has 0 atom stereocenters. The number of Topliss-reactive ketones (excluding diaryl/α,β-unsaturated/α-hetero) is 1. The Morgan fingerprint density at radius 2 is 1.83 bits per heavy atom. The zero-order valence-electron chi connectivity index (χ0n) is 11.1. The molecular weight excluding hydrogens is 228 g/mol. The molecule has 0 N–H and O–H groups in total. The van der Waals surface area contributed by atoms with Crippen LogP contribution in [-0.2, 0) is 4.74 Å². The molecule has 0 bridgehead atoms. The fourth-order valence-corrected chi connectivity index (χ4v) is 1.79. The third-order valence-corrected chi connectivity index (χ3v) is 2.86. The first-order chi connectivity index (χ1) is 8.69. The van der Waals surface area contributed by atoms with Gasteiger partial charge in [-0.2, -0.15) is 0 Å². The van der Waals surface area contributed by atoms with Gasteiger partial charge >= 0.3 is 5.97 Å². The van der Waals surface area contributed by atoms with Crippen molar-refractivity contribution in [3.05, 3.63) is 35.4 Å². The summed E-state index contributed by atoms with van der Waals surface area (Å²) in [6.07, 6.45) is 4.86. The van der Waals surface area contributed by atoms with E-state index in [4.69, 9.17) is 0 Å². The quantitative estimate of drug-likeness (QED) is 0.420.